The zero-order chi connectivity index (χ0) is 15.1. The first-order chi connectivity index (χ1) is 10.2. The number of aromatic nitrogens is 2. The van der Waals surface area contributed by atoms with Crippen LogP contribution in [0.2, 0.25) is 0 Å². The highest BCUT2D eigenvalue weighted by atomic mass is 16.5. The van der Waals surface area contributed by atoms with Crippen LogP contribution in [0, 0.1) is 5.92 Å². The molecule has 114 valence electrons. The van der Waals surface area contributed by atoms with E-state index in [2.05, 4.69) is 28.6 Å². The van der Waals surface area contributed by atoms with E-state index in [0.717, 1.165) is 31.6 Å². The number of ether oxygens (including phenoxy) is 1. The smallest absolute Gasteiger partial charge is 0.122 e. The minimum absolute atomic E-state index is 0.584. The summed E-state index contributed by atoms with van der Waals surface area (Å²) in [6.07, 6.45) is 5.09. The molecule has 1 N–H and O–H groups in total. The van der Waals surface area contributed by atoms with E-state index in [9.17, 15) is 0 Å². The summed E-state index contributed by atoms with van der Waals surface area (Å²) in [6.45, 7) is 1.01. The molecule has 1 atom stereocenters. The fraction of sp³-hybridized carbons (Fsp3) is 0.471. The second-order valence-corrected chi connectivity index (χ2v) is 5.42. The van der Waals surface area contributed by atoms with E-state index in [-0.39, 0.29) is 0 Å². The minimum Gasteiger partial charge on any atom is -0.496 e. The summed E-state index contributed by atoms with van der Waals surface area (Å²) in [4.78, 5) is 0. The summed E-state index contributed by atoms with van der Waals surface area (Å²) in [5.41, 5.74) is 2.57. The first kappa shape index (κ1) is 15.6. The molecule has 1 heterocycles. The summed E-state index contributed by atoms with van der Waals surface area (Å²) < 4.78 is 7.42. The number of nitrogens with one attached hydrogen (secondary N) is 1. The van der Waals surface area contributed by atoms with Gasteiger partial charge in [-0.05, 0) is 56.5 Å². The van der Waals surface area contributed by atoms with Crippen LogP contribution in [0.15, 0.2) is 36.5 Å². The van der Waals surface area contributed by atoms with Gasteiger partial charge in [-0.2, -0.15) is 5.10 Å². The predicted octanol–water partition coefficient (Wildman–Crippen LogP) is 2.44. The van der Waals surface area contributed by atoms with Gasteiger partial charge in [0, 0.05) is 18.9 Å². The van der Waals surface area contributed by atoms with Gasteiger partial charge in [-0.15, -0.1) is 0 Å². The van der Waals surface area contributed by atoms with Crippen LogP contribution in [0.3, 0.4) is 0 Å². The molecule has 0 aliphatic heterocycles. The van der Waals surface area contributed by atoms with Gasteiger partial charge in [-0.1, -0.05) is 18.2 Å². The molecular weight excluding hydrogens is 262 g/mol. The van der Waals surface area contributed by atoms with E-state index in [4.69, 9.17) is 4.74 Å². The SMILES string of the molecule is CNCC(CCc1ccnn1C)Cc1ccccc1OC. The number of para-hydroxylation sites is 1. The highest BCUT2D eigenvalue weighted by molar-refractivity contribution is 5.33. The molecule has 1 aromatic heterocycles. The van der Waals surface area contributed by atoms with Crippen molar-refractivity contribution in [3.63, 3.8) is 0 Å². The van der Waals surface area contributed by atoms with Gasteiger partial charge in [0.25, 0.3) is 0 Å². The Morgan fingerprint density at radius 1 is 1.29 bits per heavy atom. The van der Waals surface area contributed by atoms with Crippen LogP contribution in [-0.2, 0) is 19.9 Å². The fourth-order valence-corrected chi connectivity index (χ4v) is 2.75. The highest BCUT2D eigenvalue weighted by Gasteiger charge is 2.13. The van der Waals surface area contributed by atoms with E-state index < -0.39 is 0 Å². The molecule has 0 bridgehead atoms. The summed E-state index contributed by atoms with van der Waals surface area (Å²) in [5.74, 6) is 1.57. The molecule has 0 radical (unpaired) electrons. The summed E-state index contributed by atoms with van der Waals surface area (Å²) >= 11 is 0. The molecule has 0 aliphatic carbocycles. The van der Waals surface area contributed by atoms with Crippen LogP contribution in [0.4, 0.5) is 0 Å². The largest absolute Gasteiger partial charge is 0.496 e. The molecule has 1 unspecified atom stereocenters. The molecule has 0 saturated heterocycles. The predicted molar refractivity (Wildman–Crippen MR) is 85.6 cm³/mol. The summed E-state index contributed by atoms with van der Waals surface area (Å²) in [7, 11) is 5.75. The van der Waals surface area contributed by atoms with Gasteiger partial charge in [-0.3, -0.25) is 4.68 Å². The van der Waals surface area contributed by atoms with Gasteiger partial charge < -0.3 is 10.1 Å². The number of aryl methyl sites for hydroxylation is 2. The monoisotopic (exact) mass is 287 g/mol. The molecule has 2 rings (SSSR count). The number of nitrogens with zero attached hydrogens (tertiary/aromatic N) is 2. The van der Waals surface area contributed by atoms with E-state index in [1.54, 1.807) is 7.11 Å². The van der Waals surface area contributed by atoms with Gasteiger partial charge in [-0.25, -0.2) is 0 Å². The molecule has 21 heavy (non-hydrogen) atoms. The lowest BCUT2D eigenvalue weighted by Gasteiger charge is -2.18. The average Bonchev–Trinajstić information content (AvgIpc) is 2.91. The van der Waals surface area contributed by atoms with Crippen molar-refractivity contribution in [2.45, 2.75) is 19.3 Å². The lowest BCUT2D eigenvalue weighted by atomic mass is 9.93. The average molecular weight is 287 g/mol. The van der Waals surface area contributed by atoms with Gasteiger partial charge in [0.2, 0.25) is 0 Å². The lowest BCUT2D eigenvalue weighted by Crippen LogP contribution is -2.22. The third kappa shape index (κ3) is 4.33. The van der Waals surface area contributed by atoms with Gasteiger partial charge in [0.05, 0.1) is 7.11 Å². The zero-order valence-corrected chi connectivity index (χ0v) is 13.2. The molecule has 0 fully saturated rings. The molecule has 2 aromatic rings. The third-order valence-electron chi connectivity index (χ3n) is 3.93. The molecule has 0 saturated carbocycles. The Hall–Kier alpha value is -1.81. The van der Waals surface area contributed by atoms with Crippen LogP contribution in [-0.4, -0.2) is 30.5 Å². The lowest BCUT2D eigenvalue weighted by molar-refractivity contribution is 0.397. The van der Waals surface area contributed by atoms with Crippen molar-refractivity contribution in [2.24, 2.45) is 13.0 Å². The fourth-order valence-electron chi connectivity index (χ4n) is 2.75. The van der Waals surface area contributed by atoms with E-state index in [0.29, 0.717) is 5.92 Å². The maximum absolute atomic E-state index is 5.46. The van der Waals surface area contributed by atoms with Crippen molar-refractivity contribution in [2.75, 3.05) is 20.7 Å². The molecule has 4 nitrogen and oxygen atoms in total. The van der Waals surface area contributed by atoms with Crippen LogP contribution in [0.25, 0.3) is 0 Å². The molecule has 0 aliphatic rings. The standard InChI is InChI=1S/C17H25N3O/c1-18-13-14(8-9-16-10-11-19-20(16)2)12-15-6-4-5-7-17(15)21-3/h4-7,10-11,14,18H,8-9,12-13H2,1-3H3. The van der Waals surface area contributed by atoms with Crippen molar-refractivity contribution in [3.05, 3.63) is 47.8 Å². The minimum atomic E-state index is 0.584. The molecule has 0 amide bonds. The number of rotatable bonds is 8. The number of benzene rings is 1. The van der Waals surface area contributed by atoms with Crippen LogP contribution < -0.4 is 10.1 Å². The number of methoxy groups -OCH3 is 1. The Kier molecular flexibility index (Phi) is 5.81. The first-order valence-electron chi connectivity index (χ1n) is 7.48. The van der Waals surface area contributed by atoms with Crippen LogP contribution >= 0.6 is 0 Å². The quantitative estimate of drug-likeness (QED) is 0.810. The van der Waals surface area contributed by atoms with Gasteiger partial charge >= 0.3 is 0 Å². The zero-order valence-electron chi connectivity index (χ0n) is 13.2. The van der Waals surface area contributed by atoms with E-state index >= 15 is 0 Å². The summed E-state index contributed by atoms with van der Waals surface area (Å²) in [6, 6.07) is 10.4. The Bertz CT molecular complexity index is 550. The maximum Gasteiger partial charge on any atom is 0.122 e. The van der Waals surface area contributed by atoms with Crippen molar-refractivity contribution in [1.29, 1.82) is 0 Å². The van der Waals surface area contributed by atoms with Crippen molar-refractivity contribution < 1.29 is 4.74 Å². The van der Waals surface area contributed by atoms with Gasteiger partial charge in [0.1, 0.15) is 5.75 Å². The normalized spacial score (nSPS) is 12.3. The van der Waals surface area contributed by atoms with E-state index in [1.165, 1.54) is 11.3 Å². The Labute approximate surface area is 127 Å². The van der Waals surface area contributed by atoms with Crippen LogP contribution in [0.5, 0.6) is 5.75 Å². The van der Waals surface area contributed by atoms with Crippen molar-refractivity contribution >= 4 is 0 Å². The molecule has 0 spiro atoms. The van der Waals surface area contributed by atoms with Crippen LogP contribution in [0.1, 0.15) is 17.7 Å². The van der Waals surface area contributed by atoms with Gasteiger partial charge in [0.15, 0.2) is 0 Å². The first-order valence-corrected chi connectivity index (χ1v) is 7.48. The molecule has 1 aromatic carbocycles. The van der Waals surface area contributed by atoms with Crippen molar-refractivity contribution in [1.82, 2.24) is 15.1 Å². The highest BCUT2D eigenvalue weighted by Crippen LogP contribution is 2.23. The number of hydrogen-bond donors (Lipinski definition) is 1. The second-order valence-electron chi connectivity index (χ2n) is 5.42. The van der Waals surface area contributed by atoms with Crippen molar-refractivity contribution in [3.8, 4) is 5.75 Å². The third-order valence-corrected chi connectivity index (χ3v) is 3.93. The molecule has 4 heteroatoms. The Morgan fingerprint density at radius 3 is 2.76 bits per heavy atom. The Balaban J connectivity index is 2.00. The maximum atomic E-state index is 5.46. The molecular formula is C17H25N3O. The second kappa shape index (κ2) is 7.84. The topological polar surface area (TPSA) is 39.1 Å². The van der Waals surface area contributed by atoms with E-state index in [1.807, 2.05) is 37.1 Å². The number of hydrogen-bond acceptors (Lipinski definition) is 3. The Morgan fingerprint density at radius 2 is 2.10 bits per heavy atom. The summed E-state index contributed by atoms with van der Waals surface area (Å²) in [5, 5.41) is 7.54.